The highest BCUT2D eigenvalue weighted by molar-refractivity contribution is 9.11. The van der Waals surface area contributed by atoms with E-state index in [4.69, 9.17) is 4.74 Å². The standard InChI is InChI=1S/C20H20Br2NO7P/c1-9(2)16(19(26)27)23-18(25)12-8-11(4-5-15(12)24)30-17-13(21)6-10(7-14(17)22)20(3,28)31-29/h4-9,16,24,28H,1-3H3,(H,23,25)(H,26,27). The van der Waals surface area contributed by atoms with E-state index in [1.807, 2.05) is 0 Å². The van der Waals surface area contributed by atoms with Gasteiger partial charge in [-0.25, -0.2) is 4.79 Å². The summed E-state index contributed by atoms with van der Waals surface area (Å²) in [7, 11) is -0.473. The van der Waals surface area contributed by atoms with Crippen LogP contribution in [0.3, 0.4) is 0 Å². The molecule has 0 heterocycles. The third-order valence-corrected chi connectivity index (χ3v) is 6.17. The molecule has 0 saturated heterocycles. The third kappa shape index (κ3) is 6.04. The van der Waals surface area contributed by atoms with Crippen molar-refractivity contribution in [1.82, 2.24) is 5.32 Å². The van der Waals surface area contributed by atoms with Crippen molar-refractivity contribution in [3.8, 4) is 17.2 Å². The van der Waals surface area contributed by atoms with Crippen LogP contribution in [-0.2, 0) is 14.7 Å². The Balaban J connectivity index is 2.35. The van der Waals surface area contributed by atoms with E-state index in [0.29, 0.717) is 20.3 Å². The van der Waals surface area contributed by atoms with Gasteiger partial charge in [0.2, 0.25) is 0 Å². The van der Waals surface area contributed by atoms with E-state index < -0.39 is 31.7 Å². The quantitative estimate of drug-likeness (QED) is 0.325. The molecule has 1 amide bonds. The summed E-state index contributed by atoms with van der Waals surface area (Å²) in [6, 6.07) is 5.93. The number of carbonyl (C=O) groups excluding carboxylic acids is 1. The fourth-order valence-corrected chi connectivity index (χ4v) is 4.18. The Morgan fingerprint density at radius 2 is 1.74 bits per heavy atom. The summed E-state index contributed by atoms with van der Waals surface area (Å²) < 4.78 is 17.9. The van der Waals surface area contributed by atoms with Gasteiger partial charge in [-0.1, -0.05) is 13.8 Å². The van der Waals surface area contributed by atoms with Gasteiger partial charge in [0.05, 0.1) is 14.5 Å². The zero-order chi connectivity index (χ0) is 23.5. The number of aliphatic hydroxyl groups is 1. The summed E-state index contributed by atoms with van der Waals surface area (Å²) in [5.74, 6) is -2.14. The number of hydrogen-bond donors (Lipinski definition) is 4. The Morgan fingerprint density at radius 3 is 2.23 bits per heavy atom. The summed E-state index contributed by atoms with van der Waals surface area (Å²) in [4.78, 5) is 23.9. The number of carbonyl (C=O) groups is 2. The summed E-state index contributed by atoms with van der Waals surface area (Å²) in [5.41, 5.74) is 0.218. The highest BCUT2D eigenvalue weighted by Crippen LogP contribution is 2.42. The number of carboxylic acids is 1. The second-order valence-corrected chi connectivity index (χ2v) is 9.96. The SMILES string of the molecule is CC(C)C(NC(=O)c1cc(Oc2c(Br)cc(C(C)(O)P=O)cc2Br)ccc1O)C(=O)O. The minimum absolute atomic E-state index is 0.152. The van der Waals surface area contributed by atoms with E-state index in [0.717, 1.165) is 0 Å². The van der Waals surface area contributed by atoms with Crippen LogP contribution in [0.2, 0.25) is 0 Å². The van der Waals surface area contributed by atoms with Gasteiger partial charge in [-0.2, -0.15) is 0 Å². The molecule has 0 aliphatic carbocycles. The molecular formula is C20H20Br2NO7P. The predicted molar refractivity (Wildman–Crippen MR) is 121 cm³/mol. The average molecular weight is 577 g/mol. The van der Waals surface area contributed by atoms with Gasteiger partial charge in [0, 0.05) is 0 Å². The highest BCUT2D eigenvalue weighted by Gasteiger charge is 2.27. The van der Waals surface area contributed by atoms with Gasteiger partial charge < -0.3 is 25.4 Å². The van der Waals surface area contributed by atoms with Crippen LogP contribution >= 0.6 is 40.3 Å². The lowest BCUT2D eigenvalue weighted by Gasteiger charge is -2.19. The molecule has 11 heteroatoms. The first-order chi connectivity index (χ1) is 14.4. The molecule has 166 valence electrons. The smallest absolute Gasteiger partial charge is 0.326 e. The van der Waals surface area contributed by atoms with Crippen LogP contribution in [0.5, 0.6) is 17.2 Å². The number of ether oxygens (including phenoxy) is 1. The van der Waals surface area contributed by atoms with Crippen molar-refractivity contribution in [2.45, 2.75) is 32.2 Å². The second kappa shape index (κ2) is 10.1. The van der Waals surface area contributed by atoms with E-state index >= 15 is 0 Å². The molecule has 0 spiro atoms. The van der Waals surface area contributed by atoms with Crippen LogP contribution in [0.4, 0.5) is 0 Å². The van der Waals surface area contributed by atoms with Crippen LogP contribution < -0.4 is 10.1 Å². The molecule has 0 fully saturated rings. The number of halogens is 2. The lowest BCUT2D eigenvalue weighted by Crippen LogP contribution is -2.44. The molecule has 0 radical (unpaired) electrons. The molecule has 2 rings (SSSR count). The molecule has 0 bridgehead atoms. The molecule has 2 aromatic carbocycles. The Kier molecular flexibility index (Phi) is 8.21. The predicted octanol–water partition coefficient (Wildman–Crippen LogP) is 5.01. The number of benzene rings is 2. The number of phenols is 1. The maximum absolute atomic E-state index is 12.5. The molecule has 31 heavy (non-hydrogen) atoms. The number of phenolic OH excluding ortho intramolecular Hbond substituents is 1. The van der Waals surface area contributed by atoms with Crippen LogP contribution in [0.15, 0.2) is 39.3 Å². The molecule has 2 unspecified atom stereocenters. The van der Waals surface area contributed by atoms with Gasteiger partial charge >= 0.3 is 5.97 Å². The van der Waals surface area contributed by atoms with E-state index in [2.05, 4.69) is 37.2 Å². The molecule has 0 saturated carbocycles. The van der Waals surface area contributed by atoms with Crippen molar-refractivity contribution in [1.29, 1.82) is 0 Å². The zero-order valence-electron chi connectivity index (χ0n) is 16.7. The number of nitrogens with one attached hydrogen (secondary N) is 1. The second-order valence-electron chi connectivity index (χ2n) is 7.20. The number of aliphatic carboxylic acids is 1. The highest BCUT2D eigenvalue weighted by atomic mass is 79.9. The van der Waals surface area contributed by atoms with Gasteiger partial charge in [-0.15, -0.1) is 0 Å². The Hall–Kier alpha value is -2.00. The van der Waals surface area contributed by atoms with E-state index in [1.165, 1.54) is 25.1 Å². The van der Waals surface area contributed by atoms with Crippen LogP contribution in [0.1, 0.15) is 36.7 Å². The molecule has 0 aromatic heterocycles. The van der Waals surface area contributed by atoms with Crippen molar-refractivity contribution < 1.29 is 34.2 Å². The van der Waals surface area contributed by atoms with Crippen LogP contribution in [0, 0.1) is 5.92 Å². The fraction of sp³-hybridized carbons (Fsp3) is 0.300. The molecule has 0 aliphatic rings. The molecule has 0 aliphatic heterocycles. The minimum Gasteiger partial charge on any atom is -0.507 e. The number of carboxylic acid groups (broad SMARTS) is 1. The first-order valence-electron chi connectivity index (χ1n) is 8.98. The number of hydrogen-bond acceptors (Lipinski definition) is 6. The molecule has 4 N–H and O–H groups in total. The lowest BCUT2D eigenvalue weighted by molar-refractivity contribution is -0.140. The Morgan fingerprint density at radius 1 is 1.16 bits per heavy atom. The Labute approximate surface area is 197 Å². The Bertz CT molecular complexity index is 1000. The summed E-state index contributed by atoms with van der Waals surface area (Å²) in [6.45, 7) is 4.70. The number of amides is 1. The maximum atomic E-state index is 12.5. The van der Waals surface area contributed by atoms with E-state index in [-0.39, 0.29) is 23.0 Å². The maximum Gasteiger partial charge on any atom is 0.326 e. The van der Waals surface area contributed by atoms with Gasteiger partial charge in [-0.05, 0) is 80.6 Å². The molecule has 2 atom stereocenters. The molecule has 2 aromatic rings. The summed E-state index contributed by atoms with van der Waals surface area (Å²) >= 11 is 6.68. The average Bonchev–Trinajstić information content (AvgIpc) is 2.69. The van der Waals surface area contributed by atoms with Crippen LogP contribution in [0.25, 0.3) is 0 Å². The van der Waals surface area contributed by atoms with Crippen molar-refractivity contribution in [3.63, 3.8) is 0 Å². The number of aromatic hydroxyl groups is 1. The summed E-state index contributed by atoms with van der Waals surface area (Å²) in [6.07, 6.45) is 0. The van der Waals surface area contributed by atoms with Gasteiger partial charge in [0.15, 0.2) is 19.6 Å². The van der Waals surface area contributed by atoms with Gasteiger partial charge in [0.25, 0.3) is 5.91 Å². The first kappa shape index (κ1) is 25.3. The zero-order valence-corrected chi connectivity index (χ0v) is 20.8. The molecular weight excluding hydrogens is 557 g/mol. The summed E-state index contributed by atoms with van der Waals surface area (Å²) in [5, 5.41) is 30.3. The van der Waals surface area contributed by atoms with Gasteiger partial charge in [0.1, 0.15) is 17.5 Å². The van der Waals surface area contributed by atoms with Crippen molar-refractivity contribution in [3.05, 3.63) is 50.4 Å². The molecule has 8 nitrogen and oxygen atoms in total. The topological polar surface area (TPSA) is 133 Å². The van der Waals surface area contributed by atoms with Crippen LogP contribution in [-0.4, -0.2) is 33.2 Å². The van der Waals surface area contributed by atoms with Crippen molar-refractivity contribution in [2.75, 3.05) is 0 Å². The van der Waals surface area contributed by atoms with Gasteiger partial charge in [-0.3, -0.25) is 9.36 Å². The van der Waals surface area contributed by atoms with Crippen molar-refractivity contribution in [2.24, 2.45) is 5.92 Å². The monoisotopic (exact) mass is 575 g/mol. The fourth-order valence-electron chi connectivity index (χ4n) is 2.59. The first-order valence-corrected chi connectivity index (χ1v) is 11.4. The number of rotatable bonds is 8. The van der Waals surface area contributed by atoms with E-state index in [9.17, 15) is 29.5 Å². The lowest BCUT2D eigenvalue weighted by atomic mass is 10.0. The largest absolute Gasteiger partial charge is 0.507 e. The normalized spacial score (nSPS) is 14.2. The van der Waals surface area contributed by atoms with E-state index in [1.54, 1.807) is 26.0 Å². The minimum atomic E-state index is -1.59. The third-order valence-electron chi connectivity index (χ3n) is 4.37. The van der Waals surface area contributed by atoms with Crippen molar-refractivity contribution >= 4 is 52.2 Å².